The van der Waals surface area contributed by atoms with Crippen LogP contribution in [0.25, 0.3) is 0 Å². The van der Waals surface area contributed by atoms with Gasteiger partial charge in [0.25, 0.3) is 0 Å². The molecular formula is C15H23NO3. The number of nitrogens with one attached hydrogen (secondary N) is 1. The molecule has 0 aliphatic heterocycles. The Bertz CT molecular complexity index is 379. The van der Waals surface area contributed by atoms with Gasteiger partial charge in [-0.15, -0.1) is 0 Å². The van der Waals surface area contributed by atoms with E-state index in [-0.39, 0.29) is 5.97 Å². The Balaban J connectivity index is 2.06. The van der Waals surface area contributed by atoms with Crippen molar-refractivity contribution in [3.8, 4) is 5.75 Å². The first kappa shape index (κ1) is 15.5. The van der Waals surface area contributed by atoms with Crippen molar-refractivity contribution in [3.05, 3.63) is 29.8 Å². The first-order chi connectivity index (χ1) is 9.24. The molecule has 0 atom stereocenters. The summed E-state index contributed by atoms with van der Waals surface area (Å²) < 4.78 is 10.2. The SMILES string of the molecule is COc1ccccc1CNCCCCCOC(C)=O. The number of esters is 1. The van der Waals surface area contributed by atoms with Crippen LogP contribution in [0.5, 0.6) is 5.75 Å². The highest BCUT2D eigenvalue weighted by molar-refractivity contribution is 5.65. The van der Waals surface area contributed by atoms with Gasteiger partial charge in [0.15, 0.2) is 0 Å². The third-order valence-electron chi connectivity index (χ3n) is 2.81. The van der Waals surface area contributed by atoms with Crippen LogP contribution in [0, 0.1) is 0 Å². The summed E-state index contributed by atoms with van der Waals surface area (Å²) in [4.78, 5) is 10.5. The Morgan fingerprint density at radius 1 is 1.21 bits per heavy atom. The minimum Gasteiger partial charge on any atom is -0.496 e. The van der Waals surface area contributed by atoms with E-state index in [1.165, 1.54) is 12.5 Å². The van der Waals surface area contributed by atoms with Crippen LogP contribution in [0.1, 0.15) is 31.7 Å². The van der Waals surface area contributed by atoms with Crippen LogP contribution < -0.4 is 10.1 Å². The van der Waals surface area contributed by atoms with Gasteiger partial charge in [0.1, 0.15) is 5.75 Å². The van der Waals surface area contributed by atoms with Crippen molar-refractivity contribution in [1.82, 2.24) is 5.32 Å². The van der Waals surface area contributed by atoms with E-state index in [1.54, 1.807) is 7.11 Å². The number of para-hydroxylation sites is 1. The molecule has 1 rings (SSSR count). The van der Waals surface area contributed by atoms with Gasteiger partial charge in [-0.25, -0.2) is 0 Å². The second kappa shape index (κ2) is 9.39. The molecule has 0 fully saturated rings. The molecule has 1 aromatic carbocycles. The second-order valence-corrected chi connectivity index (χ2v) is 4.39. The van der Waals surface area contributed by atoms with Crippen molar-refractivity contribution in [2.75, 3.05) is 20.3 Å². The summed E-state index contributed by atoms with van der Waals surface area (Å²) in [6.07, 6.45) is 3.07. The largest absolute Gasteiger partial charge is 0.496 e. The van der Waals surface area contributed by atoms with E-state index < -0.39 is 0 Å². The fourth-order valence-electron chi connectivity index (χ4n) is 1.82. The molecule has 19 heavy (non-hydrogen) atoms. The molecule has 0 radical (unpaired) electrons. The van der Waals surface area contributed by atoms with Crippen molar-refractivity contribution >= 4 is 5.97 Å². The molecule has 0 heterocycles. The first-order valence-electron chi connectivity index (χ1n) is 6.70. The van der Waals surface area contributed by atoms with E-state index in [2.05, 4.69) is 11.4 Å². The predicted octanol–water partition coefficient (Wildman–Crippen LogP) is 2.52. The van der Waals surface area contributed by atoms with Gasteiger partial charge < -0.3 is 14.8 Å². The number of benzene rings is 1. The van der Waals surface area contributed by atoms with Crippen molar-refractivity contribution < 1.29 is 14.3 Å². The predicted molar refractivity (Wildman–Crippen MR) is 75.2 cm³/mol. The topological polar surface area (TPSA) is 47.6 Å². The number of hydrogen-bond acceptors (Lipinski definition) is 4. The van der Waals surface area contributed by atoms with E-state index in [0.29, 0.717) is 6.61 Å². The van der Waals surface area contributed by atoms with Crippen LogP contribution in [-0.2, 0) is 16.1 Å². The van der Waals surface area contributed by atoms with E-state index in [1.807, 2.05) is 18.2 Å². The number of unbranched alkanes of at least 4 members (excludes halogenated alkanes) is 2. The summed E-state index contributed by atoms with van der Waals surface area (Å²) in [6.45, 7) is 3.74. The minimum atomic E-state index is -0.200. The minimum absolute atomic E-state index is 0.200. The van der Waals surface area contributed by atoms with Crippen molar-refractivity contribution in [3.63, 3.8) is 0 Å². The highest BCUT2D eigenvalue weighted by Gasteiger charge is 2.00. The molecule has 0 unspecified atom stereocenters. The van der Waals surface area contributed by atoms with E-state index in [4.69, 9.17) is 9.47 Å². The Morgan fingerprint density at radius 2 is 2.00 bits per heavy atom. The normalized spacial score (nSPS) is 10.2. The van der Waals surface area contributed by atoms with E-state index in [0.717, 1.165) is 38.1 Å². The Hall–Kier alpha value is -1.55. The Morgan fingerprint density at radius 3 is 2.74 bits per heavy atom. The van der Waals surface area contributed by atoms with Crippen LogP contribution in [0.3, 0.4) is 0 Å². The molecular weight excluding hydrogens is 242 g/mol. The standard InChI is InChI=1S/C15H23NO3/c1-13(17)19-11-7-3-6-10-16-12-14-8-4-5-9-15(14)18-2/h4-5,8-9,16H,3,6-7,10-12H2,1-2H3. The summed E-state index contributed by atoms with van der Waals surface area (Å²) in [6, 6.07) is 8.01. The number of hydrogen-bond donors (Lipinski definition) is 1. The fraction of sp³-hybridized carbons (Fsp3) is 0.533. The maximum absolute atomic E-state index is 10.5. The third-order valence-corrected chi connectivity index (χ3v) is 2.81. The smallest absolute Gasteiger partial charge is 0.302 e. The lowest BCUT2D eigenvalue weighted by molar-refractivity contribution is -0.141. The average molecular weight is 265 g/mol. The maximum atomic E-state index is 10.5. The monoisotopic (exact) mass is 265 g/mol. The first-order valence-corrected chi connectivity index (χ1v) is 6.70. The van der Waals surface area contributed by atoms with Gasteiger partial charge in [-0.1, -0.05) is 18.2 Å². The van der Waals surface area contributed by atoms with E-state index in [9.17, 15) is 4.79 Å². The van der Waals surface area contributed by atoms with Crippen molar-refractivity contribution in [2.45, 2.75) is 32.7 Å². The van der Waals surface area contributed by atoms with Crippen LogP contribution >= 0.6 is 0 Å². The number of carbonyl (C=O) groups excluding carboxylic acids is 1. The van der Waals surface area contributed by atoms with Gasteiger partial charge in [0, 0.05) is 19.0 Å². The molecule has 0 aliphatic carbocycles. The third kappa shape index (κ3) is 6.82. The quantitative estimate of drug-likeness (QED) is 0.550. The van der Waals surface area contributed by atoms with Crippen LogP contribution in [-0.4, -0.2) is 26.2 Å². The lowest BCUT2D eigenvalue weighted by Crippen LogP contribution is -2.15. The van der Waals surface area contributed by atoms with Crippen molar-refractivity contribution in [1.29, 1.82) is 0 Å². The summed E-state index contributed by atoms with van der Waals surface area (Å²) in [5.41, 5.74) is 1.17. The molecule has 1 aromatic rings. The number of ether oxygens (including phenoxy) is 2. The molecule has 106 valence electrons. The molecule has 4 nitrogen and oxygen atoms in total. The highest BCUT2D eigenvalue weighted by Crippen LogP contribution is 2.16. The fourth-order valence-corrected chi connectivity index (χ4v) is 1.82. The lowest BCUT2D eigenvalue weighted by atomic mass is 10.2. The number of rotatable bonds is 9. The molecule has 0 bridgehead atoms. The Kier molecular flexibility index (Phi) is 7.66. The van der Waals surface area contributed by atoms with Gasteiger partial charge in [-0.2, -0.15) is 0 Å². The lowest BCUT2D eigenvalue weighted by Gasteiger charge is -2.09. The molecule has 0 amide bonds. The summed E-state index contributed by atoms with van der Waals surface area (Å²) in [7, 11) is 1.69. The molecule has 0 aliphatic rings. The maximum Gasteiger partial charge on any atom is 0.302 e. The molecule has 4 heteroatoms. The van der Waals surface area contributed by atoms with Gasteiger partial charge in [0.05, 0.1) is 13.7 Å². The molecule has 0 saturated carbocycles. The van der Waals surface area contributed by atoms with E-state index >= 15 is 0 Å². The van der Waals surface area contributed by atoms with Gasteiger partial charge in [-0.05, 0) is 31.9 Å². The molecule has 0 aromatic heterocycles. The summed E-state index contributed by atoms with van der Waals surface area (Å²) >= 11 is 0. The summed E-state index contributed by atoms with van der Waals surface area (Å²) in [5.74, 6) is 0.721. The zero-order chi connectivity index (χ0) is 13.9. The average Bonchev–Trinajstić information content (AvgIpc) is 2.42. The molecule has 1 N–H and O–H groups in total. The second-order valence-electron chi connectivity index (χ2n) is 4.39. The zero-order valence-electron chi connectivity index (χ0n) is 11.8. The van der Waals surface area contributed by atoms with Crippen LogP contribution in [0.4, 0.5) is 0 Å². The van der Waals surface area contributed by atoms with Crippen molar-refractivity contribution in [2.24, 2.45) is 0 Å². The Labute approximate surface area is 115 Å². The molecule has 0 spiro atoms. The van der Waals surface area contributed by atoms with Gasteiger partial charge in [-0.3, -0.25) is 4.79 Å². The van der Waals surface area contributed by atoms with Crippen LogP contribution in [0.2, 0.25) is 0 Å². The van der Waals surface area contributed by atoms with Crippen LogP contribution in [0.15, 0.2) is 24.3 Å². The number of carbonyl (C=O) groups is 1. The number of methoxy groups -OCH3 is 1. The van der Waals surface area contributed by atoms with Gasteiger partial charge in [0.2, 0.25) is 0 Å². The summed E-state index contributed by atoms with van der Waals surface area (Å²) in [5, 5.41) is 3.39. The molecule has 0 saturated heterocycles. The van der Waals surface area contributed by atoms with Gasteiger partial charge >= 0.3 is 5.97 Å². The highest BCUT2D eigenvalue weighted by atomic mass is 16.5. The zero-order valence-corrected chi connectivity index (χ0v) is 11.8.